The van der Waals surface area contributed by atoms with Crippen LogP contribution in [0.4, 0.5) is 14.6 Å². The summed E-state index contributed by atoms with van der Waals surface area (Å²) >= 11 is 5.64. The third-order valence-corrected chi connectivity index (χ3v) is 9.63. The molecule has 1 aliphatic carbocycles. The van der Waals surface area contributed by atoms with Gasteiger partial charge in [0.1, 0.15) is 17.5 Å². The number of fused-ring (bicyclic) bond motifs is 1. The molecular weight excluding hydrogens is 574 g/mol. The number of nitrogens with zero attached hydrogens (tertiary/aromatic N) is 5. The molecule has 1 N–H and O–H groups in total. The molecule has 0 bridgehead atoms. The summed E-state index contributed by atoms with van der Waals surface area (Å²) in [5.74, 6) is 2.27. The smallest absolute Gasteiger partial charge is 0.296 e. The fourth-order valence-electron chi connectivity index (χ4n) is 5.76. The molecule has 1 aromatic carbocycles. The summed E-state index contributed by atoms with van der Waals surface area (Å²) < 4.78 is 62.4. The van der Waals surface area contributed by atoms with Crippen LogP contribution in [-0.4, -0.2) is 71.9 Å². The van der Waals surface area contributed by atoms with Crippen LogP contribution < -0.4 is 9.62 Å². The van der Waals surface area contributed by atoms with E-state index in [1.165, 1.54) is 4.57 Å². The van der Waals surface area contributed by atoms with E-state index >= 15 is 0 Å². The van der Waals surface area contributed by atoms with E-state index in [1.54, 1.807) is 30.3 Å². The molecule has 13 heteroatoms. The van der Waals surface area contributed by atoms with Crippen molar-refractivity contribution in [2.45, 2.75) is 63.8 Å². The Morgan fingerprint density at radius 1 is 1.02 bits per heavy atom. The zero-order valence-electron chi connectivity index (χ0n) is 23.0. The molecule has 1 saturated heterocycles. The van der Waals surface area contributed by atoms with E-state index in [9.17, 15) is 17.2 Å². The molecule has 5 rings (SSSR count). The van der Waals surface area contributed by atoms with Gasteiger partial charge in [0.05, 0.1) is 30.0 Å². The maximum Gasteiger partial charge on any atom is 0.296 e. The number of benzene rings is 1. The van der Waals surface area contributed by atoms with Crippen LogP contribution in [0.5, 0.6) is 0 Å². The second kappa shape index (κ2) is 13.7. The number of anilines is 1. The van der Waals surface area contributed by atoms with E-state index in [0.717, 1.165) is 38.5 Å². The lowest BCUT2D eigenvalue weighted by molar-refractivity contribution is 0.122. The number of ether oxygens (including phenoxy) is 1. The van der Waals surface area contributed by atoms with Crippen LogP contribution in [0.2, 0.25) is 0 Å². The lowest BCUT2D eigenvalue weighted by atomic mass is 9.83. The molecule has 41 heavy (non-hydrogen) atoms. The number of rotatable bonds is 12. The summed E-state index contributed by atoms with van der Waals surface area (Å²) in [4.78, 5) is 15.9. The van der Waals surface area contributed by atoms with Crippen LogP contribution in [0.1, 0.15) is 63.0 Å². The average Bonchev–Trinajstić information content (AvgIpc) is 3.37. The van der Waals surface area contributed by atoms with Gasteiger partial charge in [0.15, 0.2) is 5.82 Å². The van der Waals surface area contributed by atoms with Crippen LogP contribution in [0.25, 0.3) is 16.9 Å². The van der Waals surface area contributed by atoms with Crippen molar-refractivity contribution in [3.63, 3.8) is 0 Å². The third kappa shape index (κ3) is 7.71. The summed E-state index contributed by atoms with van der Waals surface area (Å²) in [6.45, 7) is 2.50. The fourth-order valence-corrected chi connectivity index (χ4v) is 7.44. The number of halogens is 3. The number of sulfonamides is 1. The highest BCUT2D eigenvalue weighted by molar-refractivity contribution is 7.89. The average molecular weight is 611 g/mol. The number of imidazole rings is 1. The van der Waals surface area contributed by atoms with Gasteiger partial charge in [-0.2, -0.15) is 0 Å². The number of nitrogens with one attached hydrogen (secondary N) is 1. The van der Waals surface area contributed by atoms with Crippen LogP contribution in [-0.2, 0) is 21.2 Å². The van der Waals surface area contributed by atoms with E-state index in [0.29, 0.717) is 79.4 Å². The van der Waals surface area contributed by atoms with Gasteiger partial charge < -0.3 is 9.64 Å². The normalized spacial score (nSPS) is 20.2. The van der Waals surface area contributed by atoms with Crippen molar-refractivity contribution in [2.24, 2.45) is 5.92 Å². The van der Waals surface area contributed by atoms with Gasteiger partial charge in [-0.15, -0.1) is 11.6 Å². The Morgan fingerprint density at radius 2 is 1.76 bits per heavy atom. The standard InChI is InChI=1S/C28H37ClF2N6O3S/c29-13-4-18-41(38,39)35-21-11-9-20(10-12-21)5-3-8-24-33-25(36-14-16-40-17-15-36)19-26(34-24)37-23-7-2-1-6-22(23)32-28(37)27(30)31/h1-2,6-7,19-21,27,35H,3-5,8-18H2. The van der Waals surface area contributed by atoms with Crippen molar-refractivity contribution >= 4 is 38.5 Å². The third-order valence-electron chi connectivity index (χ3n) is 7.84. The quantitative estimate of drug-likeness (QED) is 0.287. The van der Waals surface area contributed by atoms with E-state index in [1.807, 2.05) is 0 Å². The number of aryl methyl sites for hydroxylation is 1. The highest BCUT2D eigenvalue weighted by Gasteiger charge is 2.26. The Kier molecular flexibility index (Phi) is 10.1. The highest BCUT2D eigenvalue weighted by Crippen LogP contribution is 2.31. The Morgan fingerprint density at radius 3 is 2.49 bits per heavy atom. The molecule has 0 radical (unpaired) electrons. The van der Waals surface area contributed by atoms with Crippen molar-refractivity contribution in [1.29, 1.82) is 0 Å². The minimum absolute atomic E-state index is 0.0169. The predicted molar refractivity (Wildman–Crippen MR) is 156 cm³/mol. The van der Waals surface area contributed by atoms with Gasteiger partial charge in [-0.25, -0.2) is 36.9 Å². The molecule has 2 aromatic heterocycles. The summed E-state index contributed by atoms with van der Waals surface area (Å²) in [7, 11) is -3.29. The van der Waals surface area contributed by atoms with Crippen molar-refractivity contribution < 1.29 is 21.9 Å². The number of morpholine rings is 1. The van der Waals surface area contributed by atoms with Gasteiger partial charge in [0.25, 0.3) is 6.43 Å². The van der Waals surface area contributed by atoms with E-state index < -0.39 is 16.4 Å². The van der Waals surface area contributed by atoms with Crippen molar-refractivity contribution in [3.05, 3.63) is 42.0 Å². The number of hydrogen-bond acceptors (Lipinski definition) is 7. The zero-order valence-corrected chi connectivity index (χ0v) is 24.6. The zero-order chi connectivity index (χ0) is 28.8. The first kappa shape index (κ1) is 30.1. The number of alkyl halides is 3. The molecule has 2 aliphatic rings. The Bertz CT molecular complexity index is 1410. The Balaban J connectivity index is 1.28. The maximum atomic E-state index is 14.1. The number of aromatic nitrogens is 4. The molecule has 1 aliphatic heterocycles. The van der Waals surface area contributed by atoms with Gasteiger partial charge >= 0.3 is 0 Å². The van der Waals surface area contributed by atoms with E-state index in [-0.39, 0.29) is 17.6 Å². The highest BCUT2D eigenvalue weighted by atomic mass is 35.5. The van der Waals surface area contributed by atoms with Gasteiger partial charge in [0.2, 0.25) is 10.0 Å². The topological polar surface area (TPSA) is 102 Å². The lowest BCUT2D eigenvalue weighted by Gasteiger charge is -2.29. The summed E-state index contributed by atoms with van der Waals surface area (Å²) in [6, 6.07) is 8.84. The second-order valence-corrected chi connectivity index (χ2v) is 13.0. The molecule has 0 amide bonds. The first-order chi connectivity index (χ1) is 19.8. The van der Waals surface area contributed by atoms with Gasteiger partial charge in [-0.1, -0.05) is 18.6 Å². The maximum absolute atomic E-state index is 14.1. The van der Waals surface area contributed by atoms with Crippen LogP contribution in [0, 0.1) is 5.92 Å². The molecule has 0 atom stereocenters. The molecule has 3 aromatic rings. The largest absolute Gasteiger partial charge is 0.378 e. The molecular formula is C28H37ClF2N6O3S. The van der Waals surface area contributed by atoms with Gasteiger partial charge in [-0.05, 0) is 56.6 Å². The summed E-state index contributed by atoms with van der Waals surface area (Å²) in [5, 5.41) is 0. The molecule has 224 valence electrons. The lowest BCUT2D eigenvalue weighted by Crippen LogP contribution is -2.39. The minimum atomic E-state index is -3.29. The number of para-hydroxylation sites is 2. The monoisotopic (exact) mass is 610 g/mol. The molecule has 0 unspecified atom stereocenters. The summed E-state index contributed by atoms with van der Waals surface area (Å²) in [6.07, 6.45) is 3.70. The summed E-state index contributed by atoms with van der Waals surface area (Å²) in [5.41, 5.74) is 1.07. The molecule has 3 heterocycles. The van der Waals surface area contributed by atoms with Crippen molar-refractivity contribution in [2.75, 3.05) is 42.8 Å². The molecule has 1 saturated carbocycles. The first-order valence-corrected chi connectivity index (χ1v) is 16.5. The fraction of sp³-hybridized carbons (Fsp3) is 0.607. The van der Waals surface area contributed by atoms with E-state index in [2.05, 4.69) is 14.6 Å². The van der Waals surface area contributed by atoms with Crippen molar-refractivity contribution in [1.82, 2.24) is 24.2 Å². The van der Waals surface area contributed by atoms with Crippen LogP contribution in [0.3, 0.4) is 0 Å². The Labute approximate surface area is 244 Å². The minimum Gasteiger partial charge on any atom is -0.378 e. The molecule has 0 spiro atoms. The molecule has 9 nitrogen and oxygen atoms in total. The van der Waals surface area contributed by atoms with Crippen molar-refractivity contribution in [3.8, 4) is 5.82 Å². The molecule has 2 fully saturated rings. The first-order valence-electron chi connectivity index (χ1n) is 14.4. The van der Waals surface area contributed by atoms with Gasteiger partial charge in [0, 0.05) is 37.5 Å². The predicted octanol–water partition coefficient (Wildman–Crippen LogP) is 5.02. The van der Waals surface area contributed by atoms with Gasteiger partial charge in [-0.3, -0.25) is 4.57 Å². The van der Waals surface area contributed by atoms with Crippen LogP contribution in [0.15, 0.2) is 30.3 Å². The van der Waals surface area contributed by atoms with Crippen LogP contribution >= 0.6 is 11.6 Å². The van der Waals surface area contributed by atoms with E-state index in [4.69, 9.17) is 26.3 Å². The second-order valence-electron chi connectivity index (χ2n) is 10.8. The number of hydrogen-bond donors (Lipinski definition) is 1. The Hall–Kier alpha value is -2.41. The SMILES string of the molecule is O=S(=O)(CCCCl)NC1CCC(CCCc2nc(N3CCOCC3)cc(-n3c(C(F)F)nc4ccccc43)n2)CC1.